The molecular weight excluding hydrogens is 413 g/mol. The summed E-state index contributed by atoms with van der Waals surface area (Å²) in [5.74, 6) is 1.91. The van der Waals surface area contributed by atoms with Gasteiger partial charge >= 0.3 is 0 Å². The zero-order valence-electron chi connectivity index (χ0n) is 15.6. The molecule has 1 aliphatic rings. The normalized spacial score (nSPS) is 14.3. The van der Waals surface area contributed by atoms with E-state index in [1.807, 2.05) is 29.2 Å². The highest BCUT2D eigenvalue weighted by atomic mass is 35.5. The van der Waals surface area contributed by atoms with Crippen molar-refractivity contribution in [2.45, 2.75) is 12.8 Å². The topological polar surface area (TPSA) is 75.4 Å². The number of halogens is 2. The van der Waals surface area contributed by atoms with Crippen LogP contribution in [0.4, 0.5) is 5.82 Å². The van der Waals surface area contributed by atoms with Gasteiger partial charge < -0.3 is 14.3 Å². The van der Waals surface area contributed by atoms with Crippen molar-refractivity contribution in [3.63, 3.8) is 0 Å². The lowest BCUT2D eigenvalue weighted by atomic mass is 10.2. The van der Waals surface area contributed by atoms with Gasteiger partial charge in [-0.25, -0.2) is 4.98 Å². The second-order valence-electron chi connectivity index (χ2n) is 6.72. The summed E-state index contributed by atoms with van der Waals surface area (Å²) in [6, 6.07) is 10.9. The van der Waals surface area contributed by atoms with E-state index in [2.05, 4.69) is 20.0 Å². The molecule has 2 aromatic heterocycles. The van der Waals surface area contributed by atoms with Crippen LogP contribution >= 0.6 is 23.2 Å². The smallest absolute Gasteiger partial charge is 0.227 e. The summed E-state index contributed by atoms with van der Waals surface area (Å²) >= 11 is 11.8. The van der Waals surface area contributed by atoms with Crippen LogP contribution in [0.2, 0.25) is 10.0 Å². The first-order valence-corrected chi connectivity index (χ1v) is 10.1. The van der Waals surface area contributed by atoms with Crippen molar-refractivity contribution in [2.24, 2.45) is 0 Å². The van der Waals surface area contributed by atoms with E-state index in [1.165, 1.54) is 0 Å². The van der Waals surface area contributed by atoms with Crippen LogP contribution in [0.15, 0.2) is 47.1 Å². The van der Waals surface area contributed by atoms with Crippen molar-refractivity contribution < 1.29 is 9.32 Å². The number of nitrogens with zero attached hydrogens (tertiary/aromatic N) is 5. The number of anilines is 1. The Morgan fingerprint density at radius 2 is 1.72 bits per heavy atom. The van der Waals surface area contributed by atoms with E-state index >= 15 is 0 Å². The van der Waals surface area contributed by atoms with E-state index < -0.39 is 0 Å². The predicted molar refractivity (Wildman–Crippen MR) is 111 cm³/mol. The van der Waals surface area contributed by atoms with Crippen LogP contribution < -0.4 is 4.90 Å². The molecule has 7 nitrogen and oxygen atoms in total. The van der Waals surface area contributed by atoms with Crippen LogP contribution in [-0.2, 0) is 11.2 Å². The van der Waals surface area contributed by atoms with E-state index in [1.54, 1.807) is 18.3 Å². The molecule has 4 rings (SSSR count). The summed E-state index contributed by atoms with van der Waals surface area (Å²) in [5, 5.41) is 5.24. The average molecular weight is 432 g/mol. The van der Waals surface area contributed by atoms with Gasteiger partial charge in [-0.05, 0) is 36.4 Å². The molecule has 3 aromatic rings. The van der Waals surface area contributed by atoms with Gasteiger partial charge in [-0.1, -0.05) is 28.4 Å². The number of aromatic nitrogens is 3. The summed E-state index contributed by atoms with van der Waals surface area (Å²) in [6.45, 7) is 2.79. The van der Waals surface area contributed by atoms with E-state index in [4.69, 9.17) is 27.7 Å². The predicted octanol–water partition coefficient (Wildman–Crippen LogP) is 3.72. The molecule has 0 bridgehead atoms. The van der Waals surface area contributed by atoms with Gasteiger partial charge in [-0.3, -0.25) is 4.79 Å². The largest absolute Gasteiger partial charge is 0.353 e. The van der Waals surface area contributed by atoms with Crippen molar-refractivity contribution in [2.75, 3.05) is 31.1 Å². The Kier molecular flexibility index (Phi) is 5.97. The lowest BCUT2D eigenvalue weighted by Gasteiger charge is -2.35. The number of hydrogen-bond acceptors (Lipinski definition) is 6. The third kappa shape index (κ3) is 4.86. The summed E-state index contributed by atoms with van der Waals surface area (Å²) < 4.78 is 5.28. The average Bonchev–Trinajstić information content (AvgIpc) is 3.22. The monoisotopic (exact) mass is 431 g/mol. The number of pyridine rings is 1. The van der Waals surface area contributed by atoms with Crippen LogP contribution in [0.1, 0.15) is 12.3 Å². The summed E-state index contributed by atoms with van der Waals surface area (Å²) in [5.41, 5.74) is 0.822. The fraction of sp³-hybridized carbons (Fsp3) is 0.300. The third-order valence-corrected chi connectivity index (χ3v) is 5.27. The van der Waals surface area contributed by atoms with Gasteiger partial charge in [0.05, 0.1) is 5.02 Å². The molecule has 0 N–H and O–H groups in total. The maximum Gasteiger partial charge on any atom is 0.227 e. The molecule has 3 heterocycles. The molecule has 1 aliphatic heterocycles. The van der Waals surface area contributed by atoms with Gasteiger partial charge in [0.25, 0.3) is 0 Å². The van der Waals surface area contributed by atoms with Gasteiger partial charge in [0, 0.05) is 55.8 Å². The standard InChI is InChI=1S/C20H19Cl2N5O2/c21-15-3-1-14(2-4-15)20-24-18(29-25-20)7-8-19(28)27-11-9-26(10-12-27)17-6-5-16(22)13-23-17/h1-6,13H,7-12H2. The Morgan fingerprint density at radius 1 is 1.00 bits per heavy atom. The molecule has 0 spiro atoms. The third-order valence-electron chi connectivity index (χ3n) is 4.79. The zero-order chi connectivity index (χ0) is 20.2. The second kappa shape index (κ2) is 8.80. The summed E-state index contributed by atoms with van der Waals surface area (Å²) in [7, 11) is 0. The van der Waals surface area contributed by atoms with Crippen LogP contribution in [0.5, 0.6) is 0 Å². The highest BCUT2D eigenvalue weighted by Gasteiger charge is 2.22. The minimum absolute atomic E-state index is 0.0833. The van der Waals surface area contributed by atoms with Crippen LogP contribution in [-0.4, -0.2) is 52.1 Å². The first-order chi connectivity index (χ1) is 14.1. The van der Waals surface area contributed by atoms with Gasteiger partial charge in [0.15, 0.2) is 0 Å². The Labute approximate surface area is 178 Å². The Morgan fingerprint density at radius 3 is 2.41 bits per heavy atom. The van der Waals surface area contributed by atoms with Crippen LogP contribution in [0.3, 0.4) is 0 Å². The Bertz CT molecular complexity index is 967. The van der Waals surface area contributed by atoms with Crippen molar-refractivity contribution >= 4 is 34.9 Å². The van der Waals surface area contributed by atoms with Crippen molar-refractivity contribution in [1.29, 1.82) is 0 Å². The van der Waals surface area contributed by atoms with Crippen molar-refractivity contribution in [3.8, 4) is 11.4 Å². The molecule has 0 atom stereocenters. The van der Waals surface area contributed by atoms with E-state index in [-0.39, 0.29) is 5.91 Å². The molecule has 0 unspecified atom stereocenters. The first kappa shape index (κ1) is 19.7. The summed E-state index contributed by atoms with van der Waals surface area (Å²) in [6.07, 6.45) is 2.39. The second-order valence-corrected chi connectivity index (χ2v) is 7.59. The lowest BCUT2D eigenvalue weighted by molar-refractivity contribution is -0.131. The minimum Gasteiger partial charge on any atom is -0.353 e. The highest BCUT2D eigenvalue weighted by Crippen LogP contribution is 2.20. The number of carbonyl (C=O) groups excluding carboxylic acids is 1. The molecule has 9 heteroatoms. The number of amides is 1. The summed E-state index contributed by atoms with van der Waals surface area (Å²) in [4.78, 5) is 25.3. The van der Waals surface area contributed by atoms with Crippen LogP contribution in [0.25, 0.3) is 11.4 Å². The molecule has 0 radical (unpaired) electrons. The number of rotatable bonds is 5. The molecule has 0 saturated carbocycles. The Hall–Kier alpha value is -2.64. The van der Waals surface area contributed by atoms with Crippen molar-refractivity contribution in [3.05, 3.63) is 58.5 Å². The quantitative estimate of drug-likeness (QED) is 0.612. The fourth-order valence-corrected chi connectivity index (χ4v) is 3.42. The van der Waals surface area contributed by atoms with Crippen molar-refractivity contribution in [1.82, 2.24) is 20.0 Å². The number of piperazine rings is 1. The molecule has 1 amide bonds. The fourth-order valence-electron chi connectivity index (χ4n) is 3.18. The van der Waals surface area contributed by atoms with Gasteiger partial charge in [0.1, 0.15) is 5.82 Å². The minimum atomic E-state index is 0.0833. The number of hydrogen-bond donors (Lipinski definition) is 0. The first-order valence-electron chi connectivity index (χ1n) is 9.31. The molecule has 1 fully saturated rings. The molecular formula is C20H19Cl2N5O2. The van der Waals surface area contributed by atoms with Gasteiger partial charge in [-0.2, -0.15) is 4.98 Å². The lowest BCUT2D eigenvalue weighted by Crippen LogP contribution is -2.49. The maximum atomic E-state index is 12.5. The van der Waals surface area contributed by atoms with Crippen LogP contribution in [0, 0.1) is 0 Å². The number of aryl methyl sites for hydroxylation is 1. The van der Waals surface area contributed by atoms with Gasteiger partial charge in [0.2, 0.25) is 17.6 Å². The molecule has 1 aromatic carbocycles. The van der Waals surface area contributed by atoms with E-state index in [9.17, 15) is 4.79 Å². The van der Waals surface area contributed by atoms with E-state index in [0.717, 1.165) is 24.5 Å². The number of carbonyl (C=O) groups is 1. The highest BCUT2D eigenvalue weighted by molar-refractivity contribution is 6.30. The molecule has 1 saturated heterocycles. The zero-order valence-corrected chi connectivity index (χ0v) is 17.1. The number of benzene rings is 1. The SMILES string of the molecule is O=C(CCc1nc(-c2ccc(Cl)cc2)no1)N1CCN(c2ccc(Cl)cn2)CC1. The molecule has 0 aliphatic carbocycles. The molecule has 150 valence electrons. The van der Waals surface area contributed by atoms with Gasteiger partial charge in [-0.15, -0.1) is 0 Å². The maximum absolute atomic E-state index is 12.5. The molecule has 29 heavy (non-hydrogen) atoms. The Balaban J connectivity index is 1.27. The van der Waals surface area contributed by atoms with E-state index in [0.29, 0.717) is 47.7 Å².